The lowest BCUT2D eigenvalue weighted by Gasteiger charge is -2.12. The molecule has 0 saturated heterocycles. The molecule has 0 spiro atoms. The van der Waals surface area contributed by atoms with E-state index in [4.69, 9.17) is 0 Å². The number of hydrogen-bond acceptors (Lipinski definition) is 5. The fourth-order valence-corrected chi connectivity index (χ4v) is 3.08. The Balaban J connectivity index is 1.72. The molecular weight excluding hydrogens is 378 g/mol. The summed E-state index contributed by atoms with van der Waals surface area (Å²) in [6, 6.07) is 9.85. The number of nitrogens with zero attached hydrogens (tertiary/aromatic N) is 3. The van der Waals surface area contributed by atoms with Gasteiger partial charge in [-0.25, -0.2) is 9.67 Å². The predicted molar refractivity (Wildman–Crippen MR) is 117 cm³/mol. The molecule has 2 heterocycles. The summed E-state index contributed by atoms with van der Waals surface area (Å²) in [4.78, 5) is 29.1. The molecule has 7 heteroatoms. The number of nitrogens with one attached hydrogen (secondary N) is 2. The van der Waals surface area contributed by atoms with E-state index in [9.17, 15) is 9.59 Å². The van der Waals surface area contributed by atoms with E-state index in [2.05, 4.69) is 33.7 Å². The van der Waals surface area contributed by atoms with Crippen LogP contribution in [0.4, 0.5) is 5.69 Å². The zero-order valence-electron chi connectivity index (χ0n) is 17.6. The molecule has 30 heavy (non-hydrogen) atoms. The van der Waals surface area contributed by atoms with E-state index in [1.54, 1.807) is 30.1 Å². The normalized spacial score (nSPS) is 10.8. The van der Waals surface area contributed by atoms with E-state index in [0.717, 1.165) is 17.5 Å². The average Bonchev–Trinajstić information content (AvgIpc) is 3.22. The molecule has 156 valence electrons. The summed E-state index contributed by atoms with van der Waals surface area (Å²) < 4.78 is 1.69. The predicted octanol–water partition coefficient (Wildman–Crippen LogP) is 3.46. The van der Waals surface area contributed by atoms with Gasteiger partial charge in [0.1, 0.15) is 5.69 Å². The van der Waals surface area contributed by atoms with Crippen LogP contribution in [0.25, 0.3) is 5.69 Å². The lowest BCUT2D eigenvalue weighted by molar-refractivity contribution is -0.115. The van der Waals surface area contributed by atoms with Crippen LogP contribution in [-0.2, 0) is 17.8 Å². The molecule has 3 rings (SSSR count). The Hall–Kier alpha value is -3.32. The second-order valence-corrected chi connectivity index (χ2v) is 7.15. The van der Waals surface area contributed by atoms with E-state index in [1.807, 2.05) is 31.3 Å². The van der Waals surface area contributed by atoms with Crippen molar-refractivity contribution in [3.63, 3.8) is 0 Å². The zero-order chi connectivity index (χ0) is 21.5. The minimum Gasteiger partial charge on any atom is -0.323 e. The van der Waals surface area contributed by atoms with E-state index in [-0.39, 0.29) is 23.9 Å². The Labute approximate surface area is 176 Å². The summed E-state index contributed by atoms with van der Waals surface area (Å²) in [6.07, 6.45) is 6.48. The Morgan fingerprint density at radius 3 is 2.63 bits per heavy atom. The Bertz CT molecular complexity index is 1040. The molecule has 0 fully saturated rings. The molecule has 0 radical (unpaired) electrons. The van der Waals surface area contributed by atoms with Crippen LogP contribution in [0.2, 0.25) is 0 Å². The number of carbonyl (C=O) groups excluding carboxylic acids is 2. The summed E-state index contributed by atoms with van der Waals surface area (Å²) in [5.74, 6) is -0.360. The SMILES string of the molecule is CCC(=O)c1ncc(-n2cc(CC)cn2)cc1NC(=O)CNCc1cccc(C)c1. The van der Waals surface area contributed by atoms with Crippen molar-refractivity contribution in [1.82, 2.24) is 20.1 Å². The van der Waals surface area contributed by atoms with Gasteiger partial charge in [-0.2, -0.15) is 5.10 Å². The van der Waals surface area contributed by atoms with E-state index >= 15 is 0 Å². The molecule has 0 bridgehead atoms. The minimum atomic E-state index is -0.235. The van der Waals surface area contributed by atoms with Gasteiger partial charge in [-0.05, 0) is 30.5 Å². The number of benzene rings is 1. The summed E-state index contributed by atoms with van der Waals surface area (Å²) in [7, 11) is 0. The van der Waals surface area contributed by atoms with Gasteiger partial charge in [0.2, 0.25) is 5.91 Å². The van der Waals surface area contributed by atoms with Gasteiger partial charge in [0.25, 0.3) is 0 Å². The number of rotatable bonds is 9. The van der Waals surface area contributed by atoms with Gasteiger partial charge in [0, 0.05) is 19.2 Å². The molecule has 0 unspecified atom stereocenters. The molecule has 0 aliphatic carbocycles. The fourth-order valence-electron chi connectivity index (χ4n) is 3.08. The van der Waals surface area contributed by atoms with Crippen molar-refractivity contribution < 1.29 is 9.59 Å². The van der Waals surface area contributed by atoms with Crippen molar-refractivity contribution in [3.8, 4) is 5.69 Å². The molecule has 3 aromatic rings. The molecular formula is C23H27N5O2. The molecule has 2 N–H and O–H groups in total. The van der Waals surface area contributed by atoms with Crippen LogP contribution in [-0.4, -0.2) is 33.0 Å². The maximum Gasteiger partial charge on any atom is 0.238 e. The van der Waals surface area contributed by atoms with Gasteiger partial charge in [-0.3, -0.25) is 9.59 Å². The van der Waals surface area contributed by atoms with Crippen molar-refractivity contribution in [2.24, 2.45) is 0 Å². The van der Waals surface area contributed by atoms with Crippen molar-refractivity contribution in [2.45, 2.75) is 40.2 Å². The van der Waals surface area contributed by atoms with Gasteiger partial charge in [0.05, 0.1) is 30.3 Å². The molecule has 1 aromatic carbocycles. The maximum absolute atomic E-state index is 12.5. The van der Waals surface area contributed by atoms with Crippen LogP contribution < -0.4 is 10.6 Å². The first kappa shape index (κ1) is 21.4. The van der Waals surface area contributed by atoms with E-state index < -0.39 is 0 Å². The van der Waals surface area contributed by atoms with Gasteiger partial charge >= 0.3 is 0 Å². The van der Waals surface area contributed by atoms with Crippen molar-refractivity contribution >= 4 is 17.4 Å². The van der Waals surface area contributed by atoms with Gasteiger partial charge in [-0.15, -0.1) is 0 Å². The number of anilines is 1. The van der Waals surface area contributed by atoms with Gasteiger partial charge in [0.15, 0.2) is 5.78 Å². The Kier molecular flexibility index (Phi) is 7.08. The van der Waals surface area contributed by atoms with Crippen LogP contribution in [0, 0.1) is 6.92 Å². The lowest BCUT2D eigenvalue weighted by atomic mass is 10.1. The second-order valence-electron chi connectivity index (χ2n) is 7.15. The summed E-state index contributed by atoms with van der Waals surface area (Å²) in [6.45, 7) is 6.57. The first-order valence-electron chi connectivity index (χ1n) is 10.1. The topological polar surface area (TPSA) is 88.9 Å². The maximum atomic E-state index is 12.5. The summed E-state index contributed by atoms with van der Waals surface area (Å²) in [5, 5.41) is 10.3. The third kappa shape index (κ3) is 5.39. The number of carbonyl (C=O) groups is 2. The van der Waals surface area contributed by atoms with Crippen LogP contribution in [0.15, 0.2) is 48.9 Å². The smallest absolute Gasteiger partial charge is 0.238 e. The summed E-state index contributed by atoms with van der Waals surface area (Å²) >= 11 is 0. The highest BCUT2D eigenvalue weighted by molar-refractivity contribution is 6.03. The molecule has 0 aliphatic heterocycles. The third-order valence-corrected chi connectivity index (χ3v) is 4.74. The molecule has 0 aliphatic rings. The van der Waals surface area contributed by atoms with E-state index in [0.29, 0.717) is 24.3 Å². The highest BCUT2D eigenvalue weighted by atomic mass is 16.2. The highest BCUT2D eigenvalue weighted by Gasteiger charge is 2.16. The molecule has 7 nitrogen and oxygen atoms in total. The molecule has 0 atom stereocenters. The number of ketones is 1. The quantitative estimate of drug-likeness (QED) is 0.532. The van der Waals surface area contributed by atoms with Crippen LogP contribution >= 0.6 is 0 Å². The Morgan fingerprint density at radius 1 is 1.10 bits per heavy atom. The number of amides is 1. The fraction of sp³-hybridized carbons (Fsp3) is 0.304. The standard InChI is InChI=1S/C23H27N5O2/c1-4-17-12-26-28(15-17)19-10-20(23(25-13-19)21(29)5-2)27-22(30)14-24-11-18-8-6-7-16(3)9-18/h6-10,12-13,15,24H,4-5,11,14H2,1-3H3,(H,27,30). The minimum absolute atomic E-state index is 0.125. The average molecular weight is 406 g/mol. The monoisotopic (exact) mass is 405 g/mol. The number of pyridine rings is 1. The second kappa shape index (κ2) is 9.93. The van der Waals surface area contributed by atoms with Crippen molar-refractivity contribution in [2.75, 3.05) is 11.9 Å². The van der Waals surface area contributed by atoms with Crippen LogP contribution in [0.3, 0.4) is 0 Å². The number of hydrogen-bond donors (Lipinski definition) is 2. The molecule has 0 saturated carbocycles. The number of aromatic nitrogens is 3. The Morgan fingerprint density at radius 2 is 1.93 bits per heavy atom. The van der Waals surface area contributed by atoms with Crippen molar-refractivity contribution in [1.29, 1.82) is 0 Å². The van der Waals surface area contributed by atoms with Gasteiger partial charge in [-0.1, -0.05) is 43.7 Å². The van der Waals surface area contributed by atoms with Gasteiger partial charge < -0.3 is 10.6 Å². The molecule has 2 aromatic heterocycles. The first-order valence-corrected chi connectivity index (χ1v) is 10.1. The number of Topliss-reactive ketones (excluding diaryl/α,β-unsaturated/α-hetero) is 1. The summed E-state index contributed by atoms with van der Waals surface area (Å²) in [5.41, 5.74) is 4.72. The number of aryl methyl sites for hydroxylation is 2. The highest BCUT2D eigenvalue weighted by Crippen LogP contribution is 2.19. The largest absolute Gasteiger partial charge is 0.323 e. The zero-order valence-corrected chi connectivity index (χ0v) is 17.6. The first-order chi connectivity index (χ1) is 14.5. The van der Waals surface area contributed by atoms with Crippen molar-refractivity contribution in [3.05, 3.63) is 71.3 Å². The van der Waals surface area contributed by atoms with Crippen LogP contribution in [0.1, 0.15) is 47.4 Å². The third-order valence-electron chi connectivity index (χ3n) is 4.74. The lowest BCUT2D eigenvalue weighted by Crippen LogP contribution is -2.28. The van der Waals surface area contributed by atoms with E-state index in [1.165, 1.54) is 5.56 Å². The van der Waals surface area contributed by atoms with Crippen LogP contribution in [0.5, 0.6) is 0 Å². The molecule has 1 amide bonds.